The van der Waals surface area contributed by atoms with Crippen LogP contribution in [0, 0.1) is 0 Å². The number of aromatic nitrogens is 1. The highest BCUT2D eigenvalue weighted by Crippen LogP contribution is 2.31. The maximum absolute atomic E-state index is 11.6. The summed E-state index contributed by atoms with van der Waals surface area (Å²) in [6.07, 6.45) is 1.82. The van der Waals surface area contributed by atoms with Gasteiger partial charge in [-0.05, 0) is 42.6 Å². The van der Waals surface area contributed by atoms with E-state index in [0.717, 1.165) is 15.3 Å². The molecule has 3 aromatic rings. The van der Waals surface area contributed by atoms with E-state index < -0.39 is 0 Å². The molecule has 0 radical (unpaired) electrons. The first-order valence-corrected chi connectivity index (χ1v) is 7.88. The van der Waals surface area contributed by atoms with E-state index in [2.05, 4.69) is 17.1 Å². The molecule has 2 aromatic carbocycles. The lowest BCUT2D eigenvalue weighted by Gasteiger charge is -2.06. The molecule has 1 aromatic heterocycles. The van der Waals surface area contributed by atoms with Gasteiger partial charge in [0.05, 0.1) is 12.2 Å². The summed E-state index contributed by atoms with van der Waals surface area (Å²) in [4.78, 5) is 17.1. The molecule has 0 saturated heterocycles. The van der Waals surface area contributed by atoms with Gasteiger partial charge in [0.1, 0.15) is 5.03 Å². The fourth-order valence-electron chi connectivity index (χ4n) is 2.16. The van der Waals surface area contributed by atoms with Gasteiger partial charge in [0.2, 0.25) is 0 Å². The van der Waals surface area contributed by atoms with Crippen molar-refractivity contribution in [3.05, 3.63) is 66.4 Å². The third-order valence-electron chi connectivity index (χ3n) is 3.22. The zero-order valence-corrected chi connectivity index (χ0v) is 13.0. The van der Waals surface area contributed by atoms with E-state index in [0.29, 0.717) is 12.2 Å². The third-order valence-corrected chi connectivity index (χ3v) is 4.24. The molecule has 0 amide bonds. The topological polar surface area (TPSA) is 39.2 Å². The molecule has 4 heteroatoms. The van der Waals surface area contributed by atoms with Crippen molar-refractivity contribution in [2.45, 2.75) is 16.8 Å². The Bertz CT molecular complexity index is 794. The molecule has 0 aliphatic carbocycles. The molecule has 0 saturated carbocycles. The molecular formula is C18H15NO2S. The Kier molecular flexibility index (Phi) is 4.39. The summed E-state index contributed by atoms with van der Waals surface area (Å²) in [7, 11) is 0. The lowest BCUT2D eigenvalue weighted by molar-refractivity contribution is 0.0526. The number of nitrogens with zero attached hydrogens (tertiary/aromatic N) is 1. The Labute approximate surface area is 133 Å². The van der Waals surface area contributed by atoms with E-state index in [4.69, 9.17) is 4.74 Å². The summed E-state index contributed by atoms with van der Waals surface area (Å²) in [5.41, 5.74) is 0.567. The number of hydrogen-bond donors (Lipinski definition) is 0. The van der Waals surface area contributed by atoms with Gasteiger partial charge in [-0.25, -0.2) is 9.78 Å². The van der Waals surface area contributed by atoms with Gasteiger partial charge in [-0.15, -0.1) is 0 Å². The van der Waals surface area contributed by atoms with Crippen LogP contribution in [0.1, 0.15) is 17.3 Å². The molecule has 0 fully saturated rings. The van der Waals surface area contributed by atoms with Gasteiger partial charge in [-0.2, -0.15) is 0 Å². The Balaban J connectivity index is 1.85. The van der Waals surface area contributed by atoms with Crippen LogP contribution in [-0.4, -0.2) is 17.6 Å². The third kappa shape index (κ3) is 3.12. The van der Waals surface area contributed by atoms with Gasteiger partial charge in [-0.1, -0.05) is 36.0 Å². The average molecular weight is 309 g/mol. The summed E-state index contributed by atoms with van der Waals surface area (Å²) in [6, 6.07) is 17.6. The zero-order valence-electron chi connectivity index (χ0n) is 12.2. The van der Waals surface area contributed by atoms with Gasteiger partial charge in [-0.3, -0.25) is 0 Å². The van der Waals surface area contributed by atoms with E-state index in [1.54, 1.807) is 30.8 Å². The average Bonchev–Trinajstić information content (AvgIpc) is 2.56. The van der Waals surface area contributed by atoms with Crippen LogP contribution in [-0.2, 0) is 4.74 Å². The largest absolute Gasteiger partial charge is 0.462 e. The molecule has 0 spiro atoms. The quantitative estimate of drug-likeness (QED) is 0.662. The molecule has 0 bridgehead atoms. The number of fused-ring (bicyclic) bond motifs is 1. The van der Waals surface area contributed by atoms with Crippen LogP contribution in [0.2, 0.25) is 0 Å². The van der Waals surface area contributed by atoms with Gasteiger partial charge >= 0.3 is 5.97 Å². The summed E-state index contributed by atoms with van der Waals surface area (Å²) in [5, 5.41) is 3.26. The summed E-state index contributed by atoms with van der Waals surface area (Å²) < 4.78 is 4.99. The van der Waals surface area contributed by atoms with Crippen LogP contribution in [0.25, 0.3) is 10.8 Å². The number of carbonyl (C=O) groups excluding carboxylic acids is 1. The highest BCUT2D eigenvalue weighted by molar-refractivity contribution is 7.99. The normalized spacial score (nSPS) is 10.6. The predicted molar refractivity (Wildman–Crippen MR) is 88.3 cm³/mol. The lowest BCUT2D eigenvalue weighted by atomic mass is 10.2. The van der Waals surface area contributed by atoms with Crippen molar-refractivity contribution >= 4 is 28.5 Å². The van der Waals surface area contributed by atoms with E-state index >= 15 is 0 Å². The fraction of sp³-hybridized carbons (Fsp3) is 0.111. The van der Waals surface area contributed by atoms with Crippen molar-refractivity contribution in [1.82, 2.24) is 4.98 Å². The van der Waals surface area contributed by atoms with Crippen molar-refractivity contribution in [2.75, 3.05) is 6.61 Å². The van der Waals surface area contributed by atoms with Crippen molar-refractivity contribution < 1.29 is 9.53 Å². The van der Waals surface area contributed by atoms with Crippen molar-refractivity contribution in [3.8, 4) is 0 Å². The highest BCUT2D eigenvalue weighted by atomic mass is 32.2. The number of carbonyl (C=O) groups is 1. The second kappa shape index (κ2) is 6.62. The van der Waals surface area contributed by atoms with Crippen molar-refractivity contribution in [2.24, 2.45) is 0 Å². The molecule has 3 rings (SSSR count). The smallest absolute Gasteiger partial charge is 0.338 e. The maximum atomic E-state index is 11.6. The van der Waals surface area contributed by atoms with Gasteiger partial charge in [0.25, 0.3) is 0 Å². The van der Waals surface area contributed by atoms with E-state index in [1.165, 1.54) is 5.39 Å². The molecule has 3 nitrogen and oxygen atoms in total. The molecule has 1 heterocycles. The minimum atomic E-state index is -0.290. The zero-order chi connectivity index (χ0) is 15.4. The Hall–Kier alpha value is -2.33. The van der Waals surface area contributed by atoms with Crippen LogP contribution in [0.3, 0.4) is 0 Å². The van der Waals surface area contributed by atoms with Gasteiger partial charge < -0.3 is 4.74 Å². The number of hydrogen-bond acceptors (Lipinski definition) is 4. The summed E-state index contributed by atoms with van der Waals surface area (Å²) in [6.45, 7) is 2.18. The first kappa shape index (κ1) is 14.6. The molecule has 110 valence electrons. The predicted octanol–water partition coefficient (Wildman–Crippen LogP) is 4.56. The number of rotatable bonds is 4. The maximum Gasteiger partial charge on any atom is 0.338 e. The molecular weight excluding hydrogens is 294 g/mol. The van der Waals surface area contributed by atoms with E-state index in [1.807, 2.05) is 36.5 Å². The second-order valence-electron chi connectivity index (χ2n) is 4.68. The molecule has 0 aliphatic rings. The molecule has 0 aliphatic heterocycles. The number of benzene rings is 2. The molecule has 0 atom stereocenters. The SMILES string of the molecule is CCOC(=O)c1ccc(Sc2nccc3ccccc23)cc1. The fourth-order valence-corrected chi connectivity index (χ4v) is 3.06. The monoisotopic (exact) mass is 309 g/mol. The first-order valence-electron chi connectivity index (χ1n) is 7.06. The number of pyridine rings is 1. The molecule has 0 N–H and O–H groups in total. The van der Waals surface area contributed by atoms with Crippen molar-refractivity contribution in [3.63, 3.8) is 0 Å². The Morgan fingerprint density at radius 2 is 1.86 bits per heavy atom. The van der Waals surface area contributed by atoms with Gasteiger partial charge in [0, 0.05) is 16.5 Å². The van der Waals surface area contributed by atoms with Crippen LogP contribution in [0.4, 0.5) is 0 Å². The van der Waals surface area contributed by atoms with Crippen LogP contribution >= 0.6 is 11.8 Å². The summed E-state index contributed by atoms with van der Waals surface area (Å²) in [5.74, 6) is -0.290. The van der Waals surface area contributed by atoms with Crippen molar-refractivity contribution in [1.29, 1.82) is 0 Å². The van der Waals surface area contributed by atoms with Crippen LogP contribution in [0.5, 0.6) is 0 Å². The van der Waals surface area contributed by atoms with E-state index in [9.17, 15) is 4.79 Å². The Morgan fingerprint density at radius 3 is 2.64 bits per heavy atom. The summed E-state index contributed by atoms with van der Waals surface area (Å²) >= 11 is 1.59. The molecule has 22 heavy (non-hydrogen) atoms. The van der Waals surface area contributed by atoms with Crippen LogP contribution in [0.15, 0.2) is 70.7 Å². The lowest BCUT2D eigenvalue weighted by Crippen LogP contribution is -2.03. The Morgan fingerprint density at radius 1 is 1.09 bits per heavy atom. The molecule has 0 unspecified atom stereocenters. The van der Waals surface area contributed by atoms with Gasteiger partial charge in [0.15, 0.2) is 0 Å². The highest BCUT2D eigenvalue weighted by Gasteiger charge is 2.08. The minimum absolute atomic E-state index is 0.290. The second-order valence-corrected chi connectivity index (χ2v) is 5.75. The number of esters is 1. The van der Waals surface area contributed by atoms with Crippen LogP contribution < -0.4 is 0 Å². The first-order chi connectivity index (χ1) is 10.8. The van der Waals surface area contributed by atoms with E-state index in [-0.39, 0.29) is 5.97 Å². The standard InChI is InChI=1S/C18H15NO2S/c1-2-21-18(20)14-7-9-15(10-8-14)22-17-16-6-4-3-5-13(16)11-12-19-17/h3-12H,2H2,1H3. The minimum Gasteiger partial charge on any atom is -0.462 e. The number of ether oxygens (including phenoxy) is 1.